The van der Waals surface area contributed by atoms with Crippen molar-refractivity contribution in [1.82, 2.24) is 30.1 Å². The average Bonchev–Trinajstić information content (AvgIpc) is 3.70. The fraction of sp³-hybridized carbons (Fsp3) is 0.212. The Labute approximate surface area is 248 Å². The molecule has 3 aromatic heterocycles. The highest BCUT2D eigenvalue weighted by Gasteiger charge is 2.31. The second-order valence-electron chi connectivity index (χ2n) is 10.3. The minimum atomic E-state index is -0.601. The van der Waals surface area contributed by atoms with Crippen molar-refractivity contribution in [3.8, 4) is 0 Å². The molecular weight excluding hydrogens is 548 g/mol. The lowest BCUT2D eigenvalue weighted by Gasteiger charge is -2.30. The van der Waals surface area contributed by atoms with E-state index in [1.54, 1.807) is 10.9 Å². The summed E-state index contributed by atoms with van der Waals surface area (Å²) in [5.41, 5.74) is 4.42. The summed E-state index contributed by atoms with van der Waals surface area (Å²) < 4.78 is 7.58. The van der Waals surface area contributed by atoms with Crippen molar-refractivity contribution in [2.24, 2.45) is 0 Å². The molecule has 0 fully saturated rings. The first kappa shape index (κ1) is 27.6. The molecule has 9 heteroatoms. The third-order valence-corrected chi connectivity index (χ3v) is 7.90. The molecular formula is C33H31ClN6O2. The number of aromatic amines is 1. The van der Waals surface area contributed by atoms with Crippen molar-refractivity contribution < 1.29 is 4.42 Å². The number of nitrogens with one attached hydrogen (secondary N) is 1. The van der Waals surface area contributed by atoms with Crippen LogP contribution >= 0.6 is 11.6 Å². The van der Waals surface area contributed by atoms with Crippen LogP contribution in [0.15, 0.2) is 106 Å². The summed E-state index contributed by atoms with van der Waals surface area (Å²) in [5, 5.41) is 14.6. The lowest BCUT2D eigenvalue weighted by molar-refractivity contribution is 0.179. The SMILES string of the molecule is CCc1ccc2[nH]c(=O)c([C@H](c3nnnn3CCc3ccccc3)N(Cc3ccco3)Cc3ccccc3Cl)cc2c1. The third-order valence-electron chi connectivity index (χ3n) is 7.53. The van der Waals surface area contributed by atoms with Crippen molar-refractivity contribution in [1.29, 1.82) is 0 Å². The van der Waals surface area contributed by atoms with Crippen molar-refractivity contribution in [2.75, 3.05) is 0 Å². The van der Waals surface area contributed by atoms with E-state index in [2.05, 4.69) is 50.5 Å². The molecule has 212 valence electrons. The highest BCUT2D eigenvalue weighted by molar-refractivity contribution is 6.31. The summed E-state index contributed by atoms with van der Waals surface area (Å²) >= 11 is 6.65. The van der Waals surface area contributed by atoms with Gasteiger partial charge in [0.15, 0.2) is 5.82 Å². The highest BCUT2D eigenvalue weighted by Crippen LogP contribution is 2.32. The maximum atomic E-state index is 13.8. The molecule has 1 atom stereocenters. The summed E-state index contributed by atoms with van der Waals surface area (Å²) in [5.74, 6) is 1.32. The fourth-order valence-corrected chi connectivity index (χ4v) is 5.52. The number of furan rings is 1. The first-order chi connectivity index (χ1) is 20.6. The number of hydrogen-bond donors (Lipinski definition) is 1. The van der Waals surface area contributed by atoms with Crippen LogP contribution in [0.4, 0.5) is 0 Å². The van der Waals surface area contributed by atoms with Gasteiger partial charge in [0.2, 0.25) is 0 Å². The van der Waals surface area contributed by atoms with Gasteiger partial charge in [0.25, 0.3) is 5.56 Å². The molecule has 0 radical (unpaired) electrons. The third kappa shape index (κ3) is 6.05. The molecule has 0 spiro atoms. The number of aromatic nitrogens is 5. The van der Waals surface area contributed by atoms with Crippen molar-refractivity contribution in [3.05, 3.63) is 146 Å². The molecule has 8 nitrogen and oxygen atoms in total. The molecule has 3 aromatic carbocycles. The number of halogens is 1. The van der Waals surface area contributed by atoms with E-state index < -0.39 is 6.04 Å². The standard InChI is InChI=1S/C33H31ClN6O2/c1-2-23-14-15-30-26(19-23)20-28(33(41)35-30)31(32-36-37-38-40(32)17-16-24-9-4-3-5-10-24)39(22-27-12-8-18-42-27)21-25-11-6-7-13-29(25)34/h3-15,18-20,31H,2,16-17,21-22H2,1H3,(H,35,41)/t31-/m1/s1. The van der Waals surface area contributed by atoms with Crippen molar-refractivity contribution in [3.63, 3.8) is 0 Å². The molecule has 0 unspecified atom stereocenters. The first-order valence-electron chi connectivity index (χ1n) is 14.0. The average molecular weight is 579 g/mol. The molecule has 6 aromatic rings. The number of rotatable bonds is 11. The number of pyridine rings is 1. The van der Waals surface area contributed by atoms with E-state index in [0.717, 1.165) is 35.1 Å². The molecule has 42 heavy (non-hydrogen) atoms. The zero-order valence-corrected chi connectivity index (χ0v) is 24.0. The predicted octanol–water partition coefficient (Wildman–Crippen LogP) is 6.36. The Bertz CT molecular complexity index is 1830. The van der Waals surface area contributed by atoms with E-state index in [4.69, 9.17) is 16.0 Å². The summed E-state index contributed by atoms with van der Waals surface area (Å²) in [4.78, 5) is 19.1. The van der Waals surface area contributed by atoms with Crippen LogP contribution in [0.5, 0.6) is 0 Å². The molecule has 0 aliphatic rings. The lowest BCUT2D eigenvalue weighted by Crippen LogP contribution is -2.35. The summed E-state index contributed by atoms with van der Waals surface area (Å²) in [6.07, 6.45) is 3.28. The molecule has 0 saturated carbocycles. The van der Waals surface area contributed by atoms with Crippen LogP contribution in [0.3, 0.4) is 0 Å². The van der Waals surface area contributed by atoms with Gasteiger partial charge in [-0.05, 0) is 81.7 Å². The molecule has 1 N–H and O–H groups in total. The highest BCUT2D eigenvalue weighted by atomic mass is 35.5. The summed E-state index contributed by atoms with van der Waals surface area (Å²) in [6.45, 7) is 3.51. The minimum Gasteiger partial charge on any atom is -0.468 e. The Balaban J connectivity index is 1.50. The summed E-state index contributed by atoms with van der Waals surface area (Å²) in [7, 11) is 0. The van der Waals surface area contributed by atoms with Crippen LogP contribution in [-0.2, 0) is 32.5 Å². The monoisotopic (exact) mass is 578 g/mol. The quantitative estimate of drug-likeness (QED) is 0.192. The van der Waals surface area contributed by atoms with Gasteiger partial charge < -0.3 is 9.40 Å². The number of nitrogens with zero attached hydrogens (tertiary/aromatic N) is 5. The van der Waals surface area contributed by atoms with E-state index in [1.807, 2.05) is 72.8 Å². The van der Waals surface area contributed by atoms with Crippen LogP contribution in [0.1, 0.15) is 46.8 Å². The molecule has 0 saturated heterocycles. The van der Waals surface area contributed by atoms with Crippen LogP contribution in [-0.4, -0.2) is 30.1 Å². The van der Waals surface area contributed by atoms with E-state index >= 15 is 0 Å². The Morgan fingerprint density at radius 1 is 0.952 bits per heavy atom. The maximum absolute atomic E-state index is 13.8. The van der Waals surface area contributed by atoms with Gasteiger partial charge in [-0.15, -0.1) is 5.10 Å². The second-order valence-corrected chi connectivity index (χ2v) is 10.7. The van der Waals surface area contributed by atoms with Gasteiger partial charge in [-0.3, -0.25) is 9.69 Å². The van der Waals surface area contributed by atoms with Gasteiger partial charge in [0.1, 0.15) is 11.8 Å². The van der Waals surface area contributed by atoms with Crippen LogP contribution in [0.25, 0.3) is 10.9 Å². The Kier molecular flexibility index (Phi) is 8.26. The van der Waals surface area contributed by atoms with Gasteiger partial charge in [-0.2, -0.15) is 0 Å². The van der Waals surface area contributed by atoms with Gasteiger partial charge in [0.05, 0.1) is 12.8 Å². The normalized spacial score (nSPS) is 12.3. The Morgan fingerprint density at radius 3 is 2.57 bits per heavy atom. The zero-order chi connectivity index (χ0) is 28.9. The largest absolute Gasteiger partial charge is 0.468 e. The van der Waals surface area contributed by atoms with Gasteiger partial charge in [-0.1, -0.05) is 73.1 Å². The maximum Gasteiger partial charge on any atom is 0.253 e. The van der Waals surface area contributed by atoms with E-state index in [1.165, 1.54) is 11.1 Å². The van der Waals surface area contributed by atoms with E-state index in [9.17, 15) is 4.79 Å². The van der Waals surface area contributed by atoms with Crippen LogP contribution < -0.4 is 5.56 Å². The zero-order valence-electron chi connectivity index (χ0n) is 23.3. The number of tetrazole rings is 1. The van der Waals surface area contributed by atoms with Crippen molar-refractivity contribution in [2.45, 2.75) is 45.4 Å². The van der Waals surface area contributed by atoms with E-state index in [0.29, 0.717) is 36.0 Å². The molecule has 0 aliphatic carbocycles. The number of hydrogen-bond acceptors (Lipinski definition) is 6. The summed E-state index contributed by atoms with van der Waals surface area (Å²) in [6, 6.07) is 29.2. The Morgan fingerprint density at radius 2 is 1.79 bits per heavy atom. The van der Waals surface area contributed by atoms with Crippen molar-refractivity contribution >= 4 is 22.5 Å². The molecule has 6 rings (SSSR count). The van der Waals surface area contributed by atoms with Gasteiger partial charge in [0, 0.05) is 29.2 Å². The van der Waals surface area contributed by atoms with Crippen LogP contribution in [0, 0.1) is 0 Å². The number of benzene rings is 3. The predicted molar refractivity (Wildman–Crippen MR) is 163 cm³/mol. The fourth-order valence-electron chi connectivity index (χ4n) is 5.33. The smallest absolute Gasteiger partial charge is 0.253 e. The Hall–Kier alpha value is -4.53. The first-order valence-corrected chi connectivity index (χ1v) is 14.4. The van der Waals surface area contributed by atoms with Gasteiger partial charge >= 0.3 is 0 Å². The topological polar surface area (TPSA) is 92.8 Å². The minimum absolute atomic E-state index is 0.196. The molecule has 0 aliphatic heterocycles. The second kappa shape index (κ2) is 12.5. The molecule has 0 amide bonds. The molecule has 0 bridgehead atoms. The number of fused-ring (bicyclic) bond motifs is 1. The van der Waals surface area contributed by atoms with Gasteiger partial charge in [-0.25, -0.2) is 4.68 Å². The lowest BCUT2D eigenvalue weighted by atomic mass is 10.0. The molecule has 3 heterocycles. The van der Waals surface area contributed by atoms with E-state index in [-0.39, 0.29) is 5.56 Å². The van der Waals surface area contributed by atoms with Crippen LogP contribution in [0.2, 0.25) is 5.02 Å². The number of aryl methyl sites for hydroxylation is 3. The number of H-pyrrole nitrogens is 1.